The Morgan fingerprint density at radius 2 is 2.08 bits per heavy atom. The predicted octanol–water partition coefficient (Wildman–Crippen LogP) is 2.11. The van der Waals surface area contributed by atoms with Crippen molar-refractivity contribution in [2.75, 3.05) is 20.6 Å². The van der Waals surface area contributed by atoms with Gasteiger partial charge in [-0.2, -0.15) is 0 Å². The number of hydrogen-bond donors (Lipinski definition) is 0. The molecule has 0 aromatic rings. The van der Waals surface area contributed by atoms with E-state index in [9.17, 15) is 4.79 Å². The van der Waals surface area contributed by atoms with Gasteiger partial charge in [-0.1, -0.05) is 26.3 Å². The molecule has 0 aliphatic carbocycles. The number of hydrogen-bond acceptors (Lipinski definition) is 2. The zero-order chi connectivity index (χ0) is 10.3. The van der Waals surface area contributed by atoms with Crippen molar-refractivity contribution in [3.05, 3.63) is 12.2 Å². The zero-order valence-corrected chi connectivity index (χ0v) is 9.21. The molecule has 1 atom stereocenters. The van der Waals surface area contributed by atoms with Crippen LogP contribution in [0.5, 0.6) is 0 Å². The molecule has 2 heteroatoms. The molecule has 0 aromatic carbocycles. The Labute approximate surface area is 81.6 Å². The molecular weight excluding hydrogens is 162 g/mol. The summed E-state index contributed by atoms with van der Waals surface area (Å²) in [5.74, 6) is 0.437. The summed E-state index contributed by atoms with van der Waals surface area (Å²) in [6.07, 6.45) is 5.70. The molecular formula is C11H21NO. The van der Waals surface area contributed by atoms with Gasteiger partial charge >= 0.3 is 0 Å². The van der Waals surface area contributed by atoms with E-state index in [1.807, 2.05) is 32.0 Å². The first-order valence-electron chi connectivity index (χ1n) is 4.93. The van der Waals surface area contributed by atoms with Gasteiger partial charge in [-0.25, -0.2) is 0 Å². The highest BCUT2D eigenvalue weighted by Crippen LogP contribution is 2.06. The maximum Gasteiger partial charge on any atom is 0.158 e. The summed E-state index contributed by atoms with van der Waals surface area (Å²) in [4.78, 5) is 13.4. The van der Waals surface area contributed by atoms with Crippen LogP contribution >= 0.6 is 0 Å². The lowest BCUT2D eigenvalue weighted by atomic mass is 10.0. The second-order valence-electron chi connectivity index (χ2n) is 3.76. The third-order valence-corrected chi connectivity index (χ3v) is 1.96. The molecule has 0 amide bonds. The van der Waals surface area contributed by atoms with E-state index in [1.165, 1.54) is 0 Å². The normalized spacial score (nSPS) is 13.9. The van der Waals surface area contributed by atoms with E-state index in [1.54, 1.807) is 6.08 Å². The number of ketones is 1. The van der Waals surface area contributed by atoms with Crippen LogP contribution in [0, 0.1) is 5.92 Å². The van der Waals surface area contributed by atoms with Crippen LogP contribution < -0.4 is 0 Å². The minimum atomic E-state index is 0.184. The molecule has 0 spiro atoms. The van der Waals surface area contributed by atoms with Crippen molar-refractivity contribution >= 4 is 5.78 Å². The third-order valence-electron chi connectivity index (χ3n) is 1.96. The summed E-state index contributed by atoms with van der Waals surface area (Å²) < 4.78 is 0. The molecule has 0 fully saturated rings. The van der Waals surface area contributed by atoms with Gasteiger partial charge < -0.3 is 4.90 Å². The van der Waals surface area contributed by atoms with Crippen LogP contribution in [0.1, 0.15) is 26.7 Å². The topological polar surface area (TPSA) is 20.3 Å². The van der Waals surface area contributed by atoms with Crippen molar-refractivity contribution in [3.8, 4) is 0 Å². The SMILES string of the molecule is CCCC(C)C(=O)/C=C/CN(C)C. The maximum atomic E-state index is 11.4. The van der Waals surface area contributed by atoms with Gasteiger partial charge in [0.2, 0.25) is 0 Å². The molecule has 0 saturated carbocycles. The first kappa shape index (κ1) is 12.4. The van der Waals surface area contributed by atoms with E-state index in [0.717, 1.165) is 19.4 Å². The highest BCUT2D eigenvalue weighted by atomic mass is 16.1. The number of allylic oxidation sites excluding steroid dienone is 1. The van der Waals surface area contributed by atoms with Gasteiger partial charge in [-0.05, 0) is 26.6 Å². The molecule has 0 N–H and O–H groups in total. The fraction of sp³-hybridized carbons (Fsp3) is 0.727. The van der Waals surface area contributed by atoms with Crippen molar-refractivity contribution in [3.63, 3.8) is 0 Å². The summed E-state index contributed by atoms with van der Waals surface area (Å²) in [5, 5.41) is 0. The van der Waals surface area contributed by atoms with E-state index in [-0.39, 0.29) is 11.7 Å². The molecule has 0 aromatic heterocycles. The number of rotatable bonds is 6. The van der Waals surface area contributed by atoms with Gasteiger partial charge in [0, 0.05) is 12.5 Å². The number of carbonyl (C=O) groups is 1. The van der Waals surface area contributed by atoms with Gasteiger partial charge in [0.05, 0.1) is 0 Å². The van der Waals surface area contributed by atoms with Crippen LogP contribution in [0.25, 0.3) is 0 Å². The van der Waals surface area contributed by atoms with Crippen molar-refractivity contribution in [2.24, 2.45) is 5.92 Å². The average Bonchev–Trinajstić information content (AvgIpc) is 2.04. The summed E-state index contributed by atoms with van der Waals surface area (Å²) in [7, 11) is 3.98. The van der Waals surface area contributed by atoms with Crippen molar-refractivity contribution in [1.29, 1.82) is 0 Å². The first-order chi connectivity index (χ1) is 6.07. The van der Waals surface area contributed by atoms with Crippen LogP contribution in [0.3, 0.4) is 0 Å². The third kappa shape index (κ3) is 6.52. The summed E-state index contributed by atoms with van der Waals surface area (Å²) in [6.45, 7) is 4.93. The number of nitrogens with zero attached hydrogens (tertiary/aromatic N) is 1. The summed E-state index contributed by atoms with van der Waals surface area (Å²) in [5.41, 5.74) is 0. The highest BCUT2D eigenvalue weighted by molar-refractivity contribution is 5.91. The Kier molecular flexibility index (Phi) is 6.51. The Hall–Kier alpha value is -0.630. The molecule has 0 aliphatic heterocycles. The summed E-state index contributed by atoms with van der Waals surface area (Å²) in [6, 6.07) is 0. The van der Waals surface area contributed by atoms with Crippen LogP contribution in [-0.2, 0) is 4.79 Å². The summed E-state index contributed by atoms with van der Waals surface area (Å²) >= 11 is 0. The fourth-order valence-corrected chi connectivity index (χ4v) is 1.12. The molecule has 0 radical (unpaired) electrons. The Balaban J connectivity index is 3.78. The van der Waals surface area contributed by atoms with Crippen molar-refractivity contribution in [1.82, 2.24) is 4.90 Å². The molecule has 2 nitrogen and oxygen atoms in total. The molecule has 76 valence electrons. The lowest BCUT2D eigenvalue weighted by Crippen LogP contribution is -2.12. The molecule has 1 unspecified atom stereocenters. The van der Waals surface area contributed by atoms with Crippen LogP contribution in [-0.4, -0.2) is 31.3 Å². The predicted molar refractivity (Wildman–Crippen MR) is 56.8 cm³/mol. The fourth-order valence-electron chi connectivity index (χ4n) is 1.12. The minimum absolute atomic E-state index is 0.184. The smallest absolute Gasteiger partial charge is 0.158 e. The lowest BCUT2D eigenvalue weighted by molar-refractivity contribution is -0.117. The van der Waals surface area contributed by atoms with E-state index in [4.69, 9.17) is 0 Å². The molecule has 0 rings (SSSR count). The molecule has 0 saturated heterocycles. The molecule has 0 heterocycles. The van der Waals surface area contributed by atoms with E-state index >= 15 is 0 Å². The molecule has 13 heavy (non-hydrogen) atoms. The Morgan fingerprint density at radius 3 is 2.54 bits per heavy atom. The molecule has 0 bridgehead atoms. The van der Waals surface area contributed by atoms with E-state index < -0.39 is 0 Å². The van der Waals surface area contributed by atoms with Gasteiger partial charge in [0.1, 0.15) is 0 Å². The maximum absolute atomic E-state index is 11.4. The van der Waals surface area contributed by atoms with Crippen molar-refractivity contribution < 1.29 is 4.79 Å². The second-order valence-corrected chi connectivity index (χ2v) is 3.76. The van der Waals surface area contributed by atoms with Gasteiger partial charge in [-0.3, -0.25) is 4.79 Å². The Morgan fingerprint density at radius 1 is 1.46 bits per heavy atom. The van der Waals surface area contributed by atoms with E-state index in [2.05, 4.69) is 6.92 Å². The zero-order valence-electron chi connectivity index (χ0n) is 9.21. The van der Waals surface area contributed by atoms with Gasteiger partial charge in [0.15, 0.2) is 5.78 Å². The van der Waals surface area contributed by atoms with E-state index in [0.29, 0.717) is 0 Å². The van der Waals surface area contributed by atoms with Gasteiger partial charge in [0.25, 0.3) is 0 Å². The van der Waals surface area contributed by atoms with Gasteiger partial charge in [-0.15, -0.1) is 0 Å². The van der Waals surface area contributed by atoms with Crippen LogP contribution in [0.2, 0.25) is 0 Å². The standard InChI is InChI=1S/C11H21NO/c1-5-7-10(2)11(13)8-6-9-12(3)4/h6,8,10H,5,7,9H2,1-4H3/b8-6+. The quantitative estimate of drug-likeness (QED) is 0.588. The van der Waals surface area contributed by atoms with Crippen LogP contribution in [0.15, 0.2) is 12.2 Å². The largest absolute Gasteiger partial charge is 0.306 e. The number of likely N-dealkylation sites (N-methyl/N-ethyl adjacent to an activating group) is 1. The van der Waals surface area contributed by atoms with Crippen molar-refractivity contribution in [2.45, 2.75) is 26.7 Å². The number of carbonyl (C=O) groups excluding carboxylic acids is 1. The average molecular weight is 183 g/mol. The lowest BCUT2D eigenvalue weighted by Gasteiger charge is -2.06. The Bertz CT molecular complexity index is 173. The minimum Gasteiger partial charge on any atom is -0.306 e. The second kappa shape index (κ2) is 6.84. The first-order valence-corrected chi connectivity index (χ1v) is 4.93. The molecule has 0 aliphatic rings. The monoisotopic (exact) mass is 183 g/mol. The highest BCUT2D eigenvalue weighted by Gasteiger charge is 2.07. The van der Waals surface area contributed by atoms with Crippen LogP contribution in [0.4, 0.5) is 0 Å².